The average molecular weight is 265 g/mol. The molecule has 0 aliphatic heterocycles. The molecule has 1 aromatic rings. The molecule has 0 radical (unpaired) electrons. The number of furan rings is 1. The van der Waals surface area contributed by atoms with Crippen molar-refractivity contribution in [3.8, 4) is 0 Å². The van der Waals surface area contributed by atoms with Crippen molar-refractivity contribution in [3.05, 3.63) is 24.2 Å². The Kier molecular flexibility index (Phi) is 7.78. The lowest BCUT2D eigenvalue weighted by molar-refractivity contribution is 0.458. The number of rotatable bonds is 8. The maximum absolute atomic E-state index is 5.33. The Balaban J connectivity index is 2.40. The normalized spacial score (nSPS) is 11.6. The standard InChI is InChI=1S/C15H27N3O/c1-4-6-12-18(3)15(16-10-5-2)17-11-9-14-8-7-13-19-14/h7-8,13H,4-6,9-12H2,1-3H3,(H,16,17). The molecule has 0 aliphatic carbocycles. The van der Waals surface area contributed by atoms with Crippen LogP contribution in [0.4, 0.5) is 0 Å². The van der Waals surface area contributed by atoms with E-state index in [4.69, 9.17) is 4.42 Å². The molecular formula is C15H27N3O. The van der Waals surface area contributed by atoms with Crippen molar-refractivity contribution >= 4 is 5.96 Å². The van der Waals surface area contributed by atoms with Crippen LogP contribution in [0, 0.1) is 0 Å². The largest absolute Gasteiger partial charge is 0.469 e. The van der Waals surface area contributed by atoms with E-state index < -0.39 is 0 Å². The van der Waals surface area contributed by atoms with Crippen LogP contribution >= 0.6 is 0 Å². The molecule has 0 fully saturated rings. The fraction of sp³-hybridized carbons (Fsp3) is 0.667. The molecule has 0 atom stereocenters. The number of nitrogens with one attached hydrogen (secondary N) is 1. The fourth-order valence-corrected chi connectivity index (χ4v) is 1.78. The van der Waals surface area contributed by atoms with E-state index in [1.165, 1.54) is 12.8 Å². The van der Waals surface area contributed by atoms with Crippen LogP contribution in [-0.4, -0.2) is 37.5 Å². The molecule has 0 unspecified atom stereocenters. The summed E-state index contributed by atoms with van der Waals surface area (Å²) in [5, 5.41) is 3.42. The van der Waals surface area contributed by atoms with E-state index >= 15 is 0 Å². The van der Waals surface area contributed by atoms with Crippen LogP contribution in [0.5, 0.6) is 0 Å². The molecule has 1 heterocycles. The van der Waals surface area contributed by atoms with Crippen LogP contribution in [0.15, 0.2) is 27.8 Å². The van der Waals surface area contributed by atoms with Gasteiger partial charge < -0.3 is 14.6 Å². The van der Waals surface area contributed by atoms with E-state index in [-0.39, 0.29) is 0 Å². The second-order valence-electron chi connectivity index (χ2n) is 4.74. The predicted molar refractivity (Wildman–Crippen MR) is 80.5 cm³/mol. The fourth-order valence-electron chi connectivity index (χ4n) is 1.78. The Morgan fingerprint density at radius 1 is 1.37 bits per heavy atom. The molecule has 0 saturated carbocycles. The summed E-state index contributed by atoms with van der Waals surface area (Å²) in [5.74, 6) is 2.01. The lowest BCUT2D eigenvalue weighted by atomic mass is 10.3. The highest BCUT2D eigenvalue weighted by Crippen LogP contribution is 2.00. The molecule has 0 bridgehead atoms. The van der Waals surface area contributed by atoms with Crippen LogP contribution in [0.25, 0.3) is 0 Å². The third kappa shape index (κ3) is 6.32. The van der Waals surface area contributed by atoms with Crippen molar-refractivity contribution in [1.29, 1.82) is 0 Å². The van der Waals surface area contributed by atoms with Crippen molar-refractivity contribution in [2.45, 2.75) is 39.5 Å². The van der Waals surface area contributed by atoms with E-state index in [1.54, 1.807) is 6.26 Å². The Hall–Kier alpha value is -1.45. The Morgan fingerprint density at radius 3 is 2.84 bits per heavy atom. The topological polar surface area (TPSA) is 40.8 Å². The zero-order valence-corrected chi connectivity index (χ0v) is 12.5. The monoisotopic (exact) mass is 265 g/mol. The van der Waals surface area contributed by atoms with Crippen molar-refractivity contribution < 1.29 is 4.42 Å². The van der Waals surface area contributed by atoms with Gasteiger partial charge in [-0.1, -0.05) is 20.3 Å². The molecular weight excluding hydrogens is 238 g/mol. The van der Waals surface area contributed by atoms with Gasteiger partial charge in [-0.05, 0) is 25.0 Å². The first-order chi connectivity index (χ1) is 9.27. The summed E-state index contributed by atoms with van der Waals surface area (Å²) >= 11 is 0. The summed E-state index contributed by atoms with van der Waals surface area (Å²) < 4.78 is 5.33. The highest BCUT2D eigenvalue weighted by atomic mass is 16.3. The summed E-state index contributed by atoms with van der Waals surface area (Å²) in [7, 11) is 2.10. The average Bonchev–Trinajstić information content (AvgIpc) is 2.93. The summed E-state index contributed by atoms with van der Waals surface area (Å²) in [6.07, 6.45) is 6.08. The number of hydrogen-bond donors (Lipinski definition) is 1. The van der Waals surface area contributed by atoms with E-state index in [2.05, 4.69) is 36.1 Å². The van der Waals surface area contributed by atoms with Crippen molar-refractivity contribution in [2.24, 2.45) is 4.99 Å². The molecule has 1 aromatic heterocycles. The van der Waals surface area contributed by atoms with Gasteiger partial charge in [0.1, 0.15) is 5.76 Å². The van der Waals surface area contributed by atoms with Gasteiger partial charge in [0, 0.05) is 33.1 Å². The number of nitrogens with zero attached hydrogens (tertiary/aromatic N) is 2. The number of guanidine groups is 1. The number of unbranched alkanes of at least 4 members (excludes halogenated alkanes) is 1. The summed E-state index contributed by atoms with van der Waals surface area (Å²) in [5.41, 5.74) is 0. The van der Waals surface area contributed by atoms with Gasteiger partial charge in [-0.3, -0.25) is 4.99 Å². The molecule has 0 saturated heterocycles. The van der Waals surface area contributed by atoms with Crippen molar-refractivity contribution in [3.63, 3.8) is 0 Å². The molecule has 1 rings (SSSR count). The third-order valence-corrected chi connectivity index (χ3v) is 2.93. The molecule has 1 N–H and O–H groups in total. The lowest BCUT2D eigenvalue weighted by Gasteiger charge is -2.22. The van der Waals surface area contributed by atoms with Gasteiger partial charge in [-0.15, -0.1) is 0 Å². The van der Waals surface area contributed by atoms with Gasteiger partial charge >= 0.3 is 0 Å². The quantitative estimate of drug-likeness (QED) is 0.580. The number of hydrogen-bond acceptors (Lipinski definition) is 2. The van der Waals surface area contributed by atoms with E-state index in [1.807, 2.05) is 12.1 Å². The van der Waals surface area contributed by atoms with Gasteiger partial charge in [-0.2, -0.15) is 0 Å². The van der Waals surface area contributed by atoms with Gasteiger partial charge in [0.05, 0.1) is 6.26 Å². The lowest BCUT2D eigenvalue weighted by Crippen LogP contribution is -2.40. The van der Waals surface area contributed by atoms with Gasteiger partial charge in [0.15, 0.2) is 5.96 Å². The SMILES string of the molecule is CCCCN(C)C(=NCCC)NCCc1ccco1. The first kappa shape index (κ1) is 15.6. The van der Waals surface area contributed by atoms with Gasteiger partial charge in [-0.25, -0.2) is 0 Å². The van der Waals surface area contributed by atoms with E-state index in [0.29, 0.717) is 0 Å². The van der Waals surface area contributed by atoms with Crippen molar-refractivity contribution in [1.82, 2.24) is 10.2 Å². The van der Waals surface area contributed by atoms with E-state index in [9.17, 15) is 0 Å². The second kappa shape index (κ2) is 9.48. The Bertz CT molecular complexity index is 346. The first-order valence-electron chi connectivity index (χ1n) is 7.29. The first-order valence-corrected chi connectivity index (χ1v) is 7.29. The molecule has 0 spiro atoms. The molecule has 108 valence electrons. The minimum absolute atomic E-state index is 0.854. The Labute approximate surface area is 116 Å². The predicted octanol–water partition coefficient (Wildman–Crippen LogP) is 2.91. The highest BCUT2D eigenvalue weighted by molar-refractivity contribution is 5.79. The maximum Gasteiger partial charge on any atom is 0.193 e. The van der Waals surface area contributed by atoms with E-state index in [0.717, 1.165) is 44.2 Å². The van der Waals surface area contributed by atoms with Crippen LogP contribution in [0.2, 0.25) is 0 Å². The van der Waals surface area contributed by atoms with Gasteiger partial charge in [0.25, 0.3) is 0 Å². The maximum atomic E-state index is 5.33. The van der Waals surface area contributed by atoms with Crippen LogP contribution in [0.1, 0.15) is 38.9 Å². The summed E-state index contributed by atoms with van der Waals surface area (Å²) in [4.78, 5) is 6.82. The molecule has 0 aliphatic rings. The van der Waals surface area contributed by atoms with Gasteiger partial charge in [0.2, 0.25) is 0 Å². The summed E-state index contributed by atoms with van der Waals surface area (Å²) in [6.45, 7) is 7.13. The molecule has 4 heteroatoms. The van der Waals surface area contributed by atoms with Crippen LogP contribution < -0.4 is 5.32 Å². The molecule has 4 nitrogen and oxygen atoms in total. The zero-order chi connectivity index (χ0) is 13.9. The molecule has 19 heavy (non-hydrogen) atoms. The van der Waals surface area contributed by atoms with Crippen LogP contribution in [0.3, 0.4) is 0 Å². The minimum Gasteiger partial charge on any atom is -0.469 e. The molecule has 0 aromatic carbocycles. The third-order valence-electron chi connectivity index (χ3n) is 2.93. The minimum atomic E-state index is 0.854. The zero-order valence-electron chi connectivity index (χ0n) is 12.5. The highest BCUT2D eigenvalue weighted by Gasteiger charge is 2.05. The smallest absolute Gasteiger partial charge is 0.193 e. The number of aliphatic imine (C=N–C) groups is 1. The summed E-state index contributed by atoms with van der Waals surface area (Å²) in [6, 6.07) is 3.93. The van der Waals surface area contributed by atoms with Crippen LogP contribution in [-0.2, 0) is 6.42 Å². The Morgan fingerprint density at radius 2 is 2.21 bits per heavy atom. The van der Waals surface area contributed by atoms with Crippen molar-refractivity contribution in [2.75, 3.05) is 26.7 Å². The molecule has 0 amide bonds. The second-order valence-corrected chi connectivity index (χ2v) is 4.74.